The summed E-state index contributed by atoms with van der Waals surface area (Å²) >= 11 is 0. The molecule has 7 heteroatoms. The average molecular weight is 365 g/mol. The van der Waals surface area contributed by atoms with Gasteiger partial charge in [-0.05, 0) is 30.7 Å². The number of rotatable bonds is 6. The number of esters is 1. The van der Waals surface area contributed by atoms with Crippen molar-refractivity contribution < 1.29 is 19.1 Å². The first-order chi connectivity index (χ1) is 13.1. The predicted molar refractivity (Wildman–Crippen MR) is 101 cm³/mol. The van der Waals surface area contributed by atoms with Crippen molar-refractivity contribution in [3.05, 3.63) is 60.4 Å². The maximum atomic E-state index is 12.5. The van der Waals surface area contributed by atoms with E-state index in [2.05, 4.69) is 15.3 Å². The van der Waals surface area contributed by atoms with E-state index in [4.69, 9.17) is 9.47 Å². The number of ether oxygens (including phenoxy) is 2. The van der Waals surface area contributed by atoms with Crippen LogP contribution in [0.3, 0.4) is 0 Å². The lowest BCUT2D eigenvalue weighted by atomic mass is 10.2. The zero-order valence-electron chi connectivity index (χ0n) is 15.0. The Kier molecular flexibility index (Phi) is 5.61. The van der Waals surface area contributed by atoms with Gasteiger partial charge in [0.05, 0.1) is 24.3 Å². The highest BCUT2D eigenvalue weighted by atomic mass is 16.5. The summed E-state index contributed by atoms with van der Waals surface area (Å²) < 4.78 is 10.5. The number of benzene rings is 2. The van der Waals surface area contributed by atoms with Crippen LogP contribution in [0.15, 0.2) is 54.7 Å². The van der Waals surface area contributed by atoms with Gasteiger partial charge in [0.1, 0.15) is 5.75 Å². The van der Waals surface area contributed by atoms with Gasteiger partial charge in [0.15, 0.2) is 11.8 Å². The normalized spacial score (nSPS) is 11.6. The largest absolute Gasteiger partial charge is 0.497 e. The van der Waals surface area contributed by atoms with E-state index in [9.17, 15) is 9.59 Å². The van der Waals surface area contributed by atoms with E-state index in [1.54, 1.807) is 50.4 Å². The SMILES string of the molecule is CCC(OC(=O)c1cnc2ccccc2n1)C(=O)Nc1cccc(OC)c1. The third-order valence-corrected chi connectivity index (χ3v) is 3.91. The van der Waals surface area contributed by atoms with Crippen LogP contribution in [0.5, 0.6) is 5.75 Å². The fourth-order valence-electron chi connectivity index (χ4n) is 2.49. The Balaban J connectivity index is 1.70. The van der Waals surface area contributed by atoms with Gasteiger partial charge in [-0.1, -0.05) is 25.1 Å². The number of hydrogen-bond donors (Lipinski definition) is 1. The van der Waals surface area contributed by atoms with E-state index < -0.39 is 18.0 Å². The van der Waals surface area contributed by atoms with Crippen molar-refractivity contribution in [2.24, 2.45) is 0 Å². The van der Waals surface area contributed by atoms with E-state index >= 15 is 0 Å². The van der Waals surface area contributed by atoms with Crippen LogP contribution in [0.1, 0.15) is 23.8 Å². The van der Waals surface area contributed by atoms with Crippen LogP contribution in [-0.2, 0) is 9.53 Å². The lowest BCUT2D eigenvalue weighted by Crippen LogP contribution is -2.32. The van der Waals surface area contributed by atoms with Crippen molar-refractivity contribution in [1.29, 1.82) is 0 Å². The highest BCUT2D eigenvalue weighted by Crippen LogP contribution is 2.18. The van der Waals surface area contributed by atoms with Gasteiger partial charge in [-0.2, -0.15) is 0 Å². The van der Waals surface area contributed by atoms with E-state index in [1.165, 1.54) is 6.20 Å². The molecule has 3 aromatic rings. The maximum Gasteiger partial charge on any atom is 0.359 e. The first kappa shape index (κ1) is 18.3. The first-order valence-corrected chi connectivity index (χ1v) is 8.48. The Bertz CT molecular complexity index is 974. The number of hydrogen-bond acceptors (Lipinski definition) is 6. The van der Waals surface area contributed by atoms with Crippen molar-refractivity contribution in [3.63, 3.8) is 0 Å². The molecule has 27 heavy (non-hydrogen) atoms. The molecule has 138 valence electrons. The molecule has 0 aliphatic carbocycles. The zero-order chi connectivity index (χ0) is 19.2. The van der Waals surface area contributed by atoms with Crippen LogP contribution in [0.25, 0.3) is 11.0 Å². The van der Waals surface area contributed by atoms with Crippen LogP contribution in [-0.4, -0.2) is 35.1 Å². The summed E-state index contributed by atoms with van der Waals surface area (Å²) in [6.45, 7) is 1.76. The highest BCUT2D eigenvalue weighted by Gasteiger charge is 2.23. The van der Waals surface area contributed by atoms with Crippen molar-refractivity contribution in [2.45, 2.75) is 19.4 Å². The lowest BCUT2D eigenvalue weighted by molar-refractivity contribution is -0.124. The Morgan fingerprint density at radius 3 is 2.63 bits per heavy atom. The minimum atomic E-state index is -0.947. The maximum absolute atomic E-state index is 12.5. The van der Waals surface area contributed by atoms with Crippen molar-refractivity contribution in [2.75, 3.05) is 12.4 Å². The smallest absolute Gasteiger partial charge is 0.359 e. The third-order valence-electron chi connectivity index (χ3n) is 3.91. The first-order valence-electron chi connectivity index (χ1n) is 8.48. The number of methoxy groups -OCH3 is 1. The quantitative estimate of drug-likeness (QED) is 0.675. The van der Waals surface area contributed by atoms with Gasteiger partial charge in [-0.3, -0.25) is 9.78 Å². The summed E-state index contributed by atoms with van der Waals surface area (Å²) in [5, 5.41) is 2.72. The predicted octanol–water partition coefficient (Wildman–Crippen LogP) is 3.21. The minimum absolute atomic E-state index is 0.0568. The van der Waals surface area contributed by atoms with Crippen molar-refractivity contribution in [1.82, 2.24) is 9.97 Å². The van der Waals surface area contributed by atoms with Crippen LogP contribution in [0, 0.1) is 0 Å². The second-order valence-corrected chi connectivity index (χ2v) is 5.77. The third kappa shape index (κ3) is 4.38. The number of aromatic nitrogens is 2. The molecule has 1 aromatic heterocycles. The van der Waals surface area contributed by atoms with Crippen molar-refractivity contribution in [3.8, 4) is 5.75 Å². The van der Waals surface area contributed by atoms with Crippen LogP contribution in [0.4, 0.5) is 5.69 Å². The van der Waals surface area contributed by atoms with Gasteiger partial charge >= 0.3 is 5.97 Å². The summed E-state index contributed by atoms with van der Waals surface area (Å²) in [5.41, 5.74) is 1.87. The van der Waals surface area contributed by atoms with Crippen LogP contribution in [0.2, 0.25) is 0 Å². The lowest BCUT2D eigenvalue weighted by Gasteiger charge is -2.16. The molecule has 0 saturated heterocycles. The Labute approximate surface area is 156 Å². The molecule has 0 fully saturated rings. The molecule has 1 atom stereocenters. The standard InChI is InChI=1S/C20H19N3O4/c1-3-18(19(24)22-13-7-6-8-14(11-13)26-2)27-20(25)17-12-21-15-9-4-5-10-16(15)23-17/h4-12,18H,3H2,1-2H3,(H,22,24). The van der Waals surface area contributed by atoms with Gasteiger partial charge in [0.25, 0.3) is 5.91 Å². The Morgan fingerprint density at radius 1 is 1.11 bits per heavy atom. The van der Waals surface area contributed by atoms with Crippen LogP contribution >= 0.6 is 0 Å². The molecule has 0 radical (unpaired) electrons. The molecule has 2 aromatic carbocycles. The van der Waals surface area contributed by atoms with Crippen LogP contribution < -0.4 is 10.1 Å². The minimum Gasteiger partial charge on any atom is -0.497 e. The number of para-hydroxylation sites is 2. The number of anilines is 1. The second-order valence-electron chi connectivity index (χ2n) is 5.77. The van der Waals surface area contributed by atoms with E-state index in [0.29, 0.717) is 28.9 Å². The molecule has 0 aliphatic rings. The number of nitrogens with zero attached hydrogens (tertiary/aromatic N) is 2. The Hall–Kier alpha value is -3.48. The van der Waals surface area contributed by atoms with Crippen molar-refractivity contribution >= 4 is 28.6 Å². The average Bonchev–Trinajstić information content (AvgIpc) is 2.71. The summed E-state index contributed by atoms with van der Waals surface area (Å²) in [7, 11) is 1.54. The summed E-state index contributed by atoms with van der Waals surface area (Å²) in [6, 6.07) is 14.1. The van der Waals surface area contributed by atoms with E-state index in [1.807, 2.05) is 12.1 Å². The monoisotopic (exact) mass is 365 g/mol. The molecule has 1 heterocycles. The number of nitrogens with one attached hydrogen (secondary N) is 1. The van der Waals surface area contributed by atoms with Gasteiger partial charge in [-0.15, -0.1) is 0 Å². The van der Waals surface area contributed by atoms with E-state index in [-0.39, 0.29) is 5.69 Å². The molecule has 0 bridgehead atoms. The van der Waals surface area contributed by atoms with Gasteiger partial charge in [-0.25, -0.2) is 9.78 Å². The molecule has 7 nitrogen and oxygen atoms in total. The molecular formula is C20H19N3O4. The summed E-state index contributed by atoms with van der Waals surface area (Å²) in [6.07, 6.45) is 0.719. The Morgan fingerprint density at radius 2 is 1.89 bits per heavy atom. The summed E-state index contributed by atoms with van der Waals surface area (Å²) in [5.74, 6) is -0.502. The zero-order valence-corrected chi connectivity index (χ0v) is 15.0. The second kappa shape index (κ2) is 8.27. The molecule has 0 aliphatic heterocycles. The van der Waals surface area contributed by atoms with Gasteiger partial charge in [0.2, 0.25) is 0 Å². The molecule has 1 N–H and O–H groups in total. The molecular weight excluding hydrogens is 346 g/mol. The number of fused-ring (bicyclic) bond motifs is 1. The molecule has 3 rings (SSSR count). The molecule has 0 spiro atoms. The number of amides is 1. The number of carbonyl (C=O) groups excluding carboxylic acids is 2. The highest BCUT2D eigenvalue weighted by molar-refractivity contribution is 5.97. The fourth-order valence-corrected chi connectivity index (χ4v) is 2.49. The van der Waals surface area contributed by atoms with Gasteiger partial charge in [0, 0.05) is 11.8 Å². The van der Waals surface area contributed by atoms with Gasteiger partial charge < -0.3 is 14.8 Å². The molecule has 1 unspecified atom stereocenters. The summed E-state index contributed by atoms with van der Waals surface area (Å²) in [4.78, 5) is 33.3. The topological polar surface area (TPSA) is 90.4 Å². The fraction of sp³-hybridized carbons (Fsp3) is 0.200. The number of carbonyl (C=O) groups is 2. The molecule has 0 saturated carbocycles. The van der Waals surface area contributed by atoms with E-state index in [0.717, 1.165) is 0 Å². The molecule has 1 amide bonds.